The number of halogens is 1. The monoisotopic (exact) mass is 360 g/mol. The molecule has 3 N–H and O–H groups in total. The van der Waals surface area contributed by atoms with E-state index in [0.29, 0.717) is 11.3 Å². The number of likely N-dealkylation sites (N-methyl/N-ethyl adjacent to an activating group) is 1. The fraction of sp³-hybridized carbons (Fsp3) is 0.263. The number of nitrogens with zero attached hydrogens (tertiary/aromatic N) is 1. The highest BCUT2D eigenvalue weighted by atomic mass is 19.1. The van der Waals surface area contributed by atoms with E-state index in [2.05, 4.69) is 5.32 Å². The number of carbonyl (C=O) groups excluding carboxylic acids is 2. The lowest BCUT2D eigenvalue weighted by Gasteiger charge is -2.23. The maximum atomic E-state index is 13.2. The van der Waals surface area contributed by atoms with Crippen LogP contribution in [0.1, 0.15) is 35.7 Å². The first kappa shape index (κ1) is 19.2. The Labute approximate surface area is 150 Å². The predicted octanol–water partition coefficient (Wildman–Crippen LogP) is 2.75. The van der Waals surface area contributed by atoms with Gasteiger partial charge in [-0.25, -0.2) is 4.39 Å². The van der Waals surface area contributed by atoms with Gasteiger partial charge in [0.2, 0.25) is 5.91 Å². The lowest BCUT2D eigenvalue weighted by molar-refractivity contribution is -0.119. The van der Waals surface area contributed by atoms with E-state index in [1.54, 1.807) is 0 Å². The number of hydrogen-bond acceptors (Lipinski definition) is 4. The Morgan fingerprint density at radius 2 is 1.73 bits per heavy atom. The van der Waals surface area contributed by atoms with Crippen LogP contribution in [0.4, 0.5) is 10.1 Å². The highest BCUT2D eigenvalue weighted by molar-refractivity contribution is 6.10. The van der Waals surface area contributed by atoms with Crippen molar-refractivity contribution in [2.75, 3.05) is 18.5 Å². The van der Waals surface area contributed by atoms with Crippen LogP contribution in [-0.2, 0) is 4.79 Å². The molecular weight excluding hydrogens is 339 g/mol. The van der Waals surface area contributed by atoms with Gasteiger partial charge in [0.05, 0.1) is 5.56 Å². The van der Waals surface area contributed by atoms with Crippen molar-refractivity contribution in [3.63, 3.8) is 0 Å². The number of carbonyl (C=O) groups is 2. The van der Waals surface area contributed by atoms with Crippen LogP contribution in [0, 0.1) is 5.82 Å². The van der Waals surface area contributed by atoms with E-state index in [-0.39, 0.29) is 23.8 Å². The van der Waals surface area contributed by atoms with E-state index in [0.717, 1.165) is 11.0 Å². The first-order valence-electron chi connectivity index (χ1n) is 8.08. The van der Waals surface area contributed by atoms with Crippen LogP contribution in [-0.4, -0.2) is 35.6 Å². The molecule has 0 aliphatic heterocycles. The number of benzene rings is 2. The molecule has 0 saturated heterocycles. The standard InChI is InChI=1S/C19H21FN2O4/c1-11(2)14-8-15(17(24)9-16(14)23)19(26)22(10-18(25)21-3)13-6-4-12(20)5-7-13/h4-9,11,23-24H,10H2,1-3H3,(H,21,25). The highest BCUT2D eigenvalue weighted by Crippen LogP contribution is 2.33. The Kier molecular flexibility index (Phi) is 5.82. The highest BCUT2D eigenvalue weighted by Gasteiger charge is 2.24. The number of phenols is 2. The molecule has 0 aromatic heterocycles. The minimum absolute atomic E-state index is 0.0558. The summed E-state index contributed by atoms with van der Waals surface area (Å²) >= 11 is 0. The summed E-state index contributed by atoms with van der Waals surface area (Å²) in [5, 5.41) is 22.5. The molecule has 6 nitrogen and oxygen atoms in total. The molecule has 0 atom stereocenters. The minimum atomic E-state index is -0.639. The van der Waals surface area contributed by atoms with Crippen molar-refractivity contribution >= 4 is 17.5 Å². The summed E-state index contributed by atoms with van der Waals surface area (Å²) in [6, 6.07) is 7.60. The van der Waals surface area contributed by atoms with E-state index in [1.165, 1.54) is 37.4 Å². The molecule has 2 amide bonds. The number of phenolic OH excluding ortho intramolecular Hbond substituents is 2. The van der Waals surface area contributed by atoms with Crippen LogP contribution in [0.25, 0.3) is 0 Å². The summed E-state index contributed by atoms with van der Waals surface area (Å²) < 4.78 is 13.2. The van der Waals surface area contributed by atoms with Gasteiger partial charge in [-0.15, -0.1) is 0 Å². The van der Waals surface area contributed by atoms with Crippen molar-refractivity contribution in [2.45, 2.75) is 19.8 Å². The molecule has 0 radical (unpaired) electrons. The second kappa shape index (κ2) is 7.86. The summed E-state index contributed by atoms with van der Waals surface area (Å²) in [7, 11) is 1.44. The summed E-state index contributed by atoms with van der Waals surface area (Å²) in [6.45, 7) is 3.36. The Morgan fingerprint density at radius 3 is 2.27 bits per heavy atom. The zero-order chi connectivity index (χ0) is 19.4. The van der Waals surface area contributed by atoms with Crippen molar-refractivity contribution in [3.8, 4) is 11.5 Å². The summed E-state index contributed by atoms with van der Waals surface area (Å²) in [5.74, 6) is -2.14. The molecule has 138 valence electrons. The number of hydrogen-bond donors (Lipinski definition) is 3. The normalized spacial score (nSPS) is 10.7. The third-order valence-electron chi connectivity index (χ3n) is 3.96. The van der Waals surface area contributed by atoms with Gasteiger partial charge in [0.25, 0.3) is 5.91 Å². The maximum Gasteiger partial charge on any atom is 0.262 e. The average Bonchev–Trinajstić information content (AvgIpc) is 2.59. The van der Waals surface area contributed by atoms with Crippen molar-refractivity contribution in [2.24, 2.45) is 0 Å². The molecule has 0 aliphatic rings. The zero-order valence-electron chi connectivity index (χ0n) is 14.8. The first-order valence-corrected chi connectivity index (χ1v) is 8.08. The summed E-state index contributed by atoms with van der Waals surface area (Å²) in [5.41, 5.74) is 0.739. The van der Waals surface area contributed by atoms with Crippen LogP contribution in [0.2, 0.25) is 0 Å². The number of amides is 2. The van der Waals surface area contributed by atoms with Crippen molar-refractivity contribution in [3.05, 3.63) is 53.3 Å². The smallest absolute Gasteiger partial charge is 0.262 e. The van der Waals surface area contributed by atoms with Crippen LogP contribution in [0.3, 0.4) is 0 Å². The van der Waals surface area contributed by atoms with Gasteiger partial charge >= 0.3 is 0 Å². The van der Waals surface area contributed by atoms with Crippen molar-refractivity contribution in [1.29, 1.82) is 0 Å². The fourth-order valence-electron chi connectivity index (χ4n) is 2.50. The van der Waals surface area contributed by atoms with Crippen molar-refractivity contribution < 1.29 is 24.2 Å². The third kappa shape index (κ3) is 4.11. The molecule has 0 bridgehead atoms. The minimum Gasteiger partial charge on any atom is -0.508 e. The molecular formula is C19H21FN2O4. The van der Waals surface area contributed by atoms with Crippen LogP contribution >= 0.6 is 0 Å². The van der Waals surface area contributed by atoms with Crippen LogP contribution in [0.15, 0.2) is 36.4 Å². The summed E-state index contributed by atoms with van der Waals surface area (Å²) in [6.07, 6.45) is 0. The molecule has 0 spiro atoms. The quantitative estimate of drug-likeness (QED) is 0.765. The fourth-order valence-corrected chi connectivity index (χ4v) is 2.50. The van der Waals surface area contributed by atoms with Gasteiger partial charge in [0.1, 0.15) is 23.9 Å². The van der Waals surface area contributed by atoms with Crippen molar-refractivity contribution in [1.82, 2.24) is 5.32 Å². The molecule has 2 aromatic carbocycles. The van der Waals surface area contributed by atoms with Crippen LogP contribution < -0.4 is 10.2 Å². The largest absolute Gasteiger partial charge is 0.508 e. The molecule has 0 unspecified atom stereocenters. The Balaban J connectivity index is 2.51. The van der Waals surface area contributed by atoms with E-state index < -0.39 is 23.4 Å². The number of anilines is 1. The van der Waals surface area contributed by atoms with Gasteiger partial charge < -0.3 is 15.5 Å². The van der Waals surface area contributed by atoms with Gasteiger partial charge in [0, 0.05) is 18.8 Å². The molecule has 0 saturated carbocycles. The van der Waals surface area contributed by atoms with E-state index in [1.807, 2.05) is 13.8 Å². The van der Waals surface area contributed by atoms with Gasteiger partial charge in [-0.1, -0.05) is 13.8 Å². The average molecular weight is 360 g/mol. The summed E-state index contributed by atoms with van der Waals surface area (Å²) in [4.78, 5) is 26.0. The number of aromatic hydroxyl groups is 2. The number of nitrogens with one attached hydrogen (secondary N) is 1. The van der Waals surface area contributed by atoms with Gasteiger partial charge in [-0.05, 0) is 41.8 Å². The molecule has 0 fully saturated rings. The van der Waals surface area contributed by atoms with Crippen LogP contribution in [0.5, 0.6) is 11.5 Å². The Bertz CT molecular complexity index is 819. The molecule has 26 heavy (non-hydrogen) atoms. The van der Waals surface area contributed by atoms with E-state index in [4.69, 9.17) is 0 Å². The second-order valence-electron chi connectivity index (χ2n) is 6.12. The predicted molar refractivity (Wildman–Crippen MR) is 96.0 cm³/mol. The Hall–Kier alpha value is -3.09. The van der Waals surface area contributed by atoms with Gasteiger partial charge in [-0.3, -0.25) is 14.5 Å². The number of rotatable bonds is 5. The Morgan fingerprint density at radius 1 is 1.12 bits per heavy atom. The maximum absolute atomic E-state index is 13.2. The van der Waals surface area contributed by atoms with Gasteiger partial charge in [0.15, 0.2) is 0 Å². The zero-order valence-corrected chi connectivity index (χ0v) is 14.8. The lowest BCUT2D eigenvalue weighted by Crippen LogP contribution is -2.39. The lowest BCUT2D eigenvalue weighted by atomic mass is 9.98. The molecule has 0 heterocycles. The molecule has 7 heteroatoms. The van der Waals surface area contributed by atoms with Gasteiger partial charge in [-0.2, -0.15) is 0 Å². The van der Waals surface area contributed by atoms with E-state index in [9.17, 15) is 24.2 Å². The third-order valence-corrected chi connectivity index (χ3v) is 3.96. The molecule has 2 aromatic rings. The molecule has 2 rings (SSSR count). The second-order valence-corrected chi connectivity index (χ2v) is 6.12. The van der Waals surface area contributed by atoms with E-state index >= 15 is 0 Å². The SMILES string of the molecule is CNC(=O)CN(C(=O)c1cc(C(C)C)c(O)cc1O)c1ccc(F)cc1. The molecule has 0 aliphatic carbocycles. The first-order chi connectivity index (χ1) is 12.2. The topological polar surface area (TPSA) is 89.9 Å².